The van der Waals surface area contributed by atoms with Gasteiger partial charge in [-0.2, -0.15) is 0 Å². The zero-order chi connectivity index (χ0) is 6.57. The van der Waals surface area contributed by atoms with E-state index in [2.05, 4.69) is 22.8 Å². The van der Waals surface area contributed by atoms with Crippen molar-refractivity contribution < 1.29 is 5.21 Å². The summed E-state index contributed by atoms with van der Waals surface area (Å²) in [4.78, 5) is 3.71. The molecule has 0 rings (SSSR count). The van der Waals surface area contributed by atoms with E-state index >= 15 is 0 Å². The molecule has 0 fully saturated rings. The number of hydrogen-bond acceptors (Lipinski definition) is 3. The minimum atomic E-state index is 0.257. The minimum absolute atomic E-state index is 0.257. The number of aliphatic imine (C=N–C) groups is 1. The van der Waals surface area contributed by atoms with Crippen molar-refractivity contribution in [1.82, 2.24) is 0 Å². The van der Waals surface area contributed by atoms with Gasteiger partial charge in [0.15, 0.2) is 5.04 Å². The Bertz CT molecular complexity index is 114. The number of nitrogens with zero attached hydrogens (tertiary/aromatic N) is 2. The molecule has 46 valence electrons. The predicted molar refractivity (Wildman–Crippen MR) is 37.2 cm³/mol. The molecule has 0 aliphatic heterocycles. The van der Waals surface area contributed by atoms with Gasteiger partial charge < -0.3 is 5.21 Å². The fourth-order valence-electron chi connectivity index (χ4n) is 0.172. The van der Waals surface area contributed by atoms with Crippen LogP contribution in [0.1, 0.15) is 6.92 Å². The maximum Gasteiger partial charge on any atom is 0.153 e. The summed E-state index contributed by atoms with van der Waals surface area (Å²) in [6.07, 6.45) is 0. The molecule has 1 N–H and O–H groups in total. The molecule has 0 saturated carbocycles. The molecule has 8 heavy (non-hydrogen) atoms. The number of hydrogen-bond donors (Lipinski definition) is 2. The predicted octanol–water partition coefficient (Wildman–Crippen LogP) is 0.795. The first kappa shape index (κ1) is 7.49. The van der Waals surface area contributed by atoms with Crippen molar-refractivity contribution in [3.05, 3.63) is 0 Å². The molecule has 0 bridgehead atoms. The number of oxime groups is 1. The first-order valence-electron chi connectivity index (χ1n) is 2.07. The summed E-state index contributed by atoms with van der Waals surface area (Å²) in [5, 5.41) is 11.1. The van der Waals surface area contributed by atoms with E-state index < -0.39 is 0 Å². The monoisotopic (exact) mass is 132 g/mol. The van der Waals surface area contributed by atoms with Gasteiger partial charge in [0, 0.05) is 7.05 Å². The third-order valence-electron chi connectivity index (χ3n) is 0.754. The van der Waals surface area contributed by atoms with Crippen molar-refractivity contribution in [2.45, 2.75) is 6.92 Å². The van der Waals surface area contributed by atoms with Crippen LogP contribution in [0.15, 0.2) is 10.1 Å². The molecular formula is C4H8N2OS. The van der Waals surface area contributed by atoms with Gasteiger partial charge in [0.25, 0.3) is 0 Å². The van der Waals surface area contributed by atoms with Crippen LogP contribution in [0.3, 0.4) is 0 Å². The van der Waals surface area contributed by atoms with Crippen molar-refractivity contribution in [3.8, 4) is 0 Å². The lowest BCUT2D eigenvalue weighted by molar-refractivity contribution is 0.321. The Kier molecular flexibility index (Phi) is 3.26. The first-order chi connectivity index (χ1) is 3.72. The summed E-state index contributed by atoms with van der Waals surface area (Å²) in [7, 11) is 1.61. The highest BCUT2D eigenvalue weighted by Crippen LogP contribution is 1.86. The molecule has 0 atom stereocenters. The molecule has 0 aromatic carbocycles. The van der Waals surface area contributed by atoms with Gasteiger partial charge in [0.1, 0.15) is 0 Å². The summed E-state index contributed by atoms with van der Waals surface area (Å²) < 4.78 is 0. The highest BCUT2D eigenvalue weighted by atomic mass is 32.1. The molecule has 0 spiro atoms. The SMILES string of the molecule is C/N=C(C)\C(S)=N/O. The smallest absolute Gasteiger partial charge is 0.153 e. The van der Waals surface area contributed by atoms with Gasteiger partial charge in [-0.05, 0) is 6.92 Å². The molecule has 0 aromatic rings. The second-order valence-corrected chi connectivity index (χ2v) is 1.66. The van der Waals surface area contributed by atoms with E-state index in [1.165, 1.54) is 0 Å². The van der Waals surface area contributed by atoms with Gasteiger partial charge in [0.2, 0.25) is 0 Å². The van der Waals surface area contributed by atoms with Gasteiger partial charge in [-0.3, -0.25) is 4.99 Å². The van der Waals surface area contributed by atoms with Crippen LogP contribution in [0.4, 0.5) is 0 Å². The zero-order valence-electron chi connectivity index (χ0n) is 4.79. The second-order valence-electron chi connectivity index (χ2n) is 1.23. The molecule has 0 aliphatic rings. The lowest BCUT2D eigenvalue weighted by Gasteiger charge is -1.89. The molecule has 0 amide bonds. The molecular weight excluding hydrogens is 124 g/mol. The first-order valence-corrected chi connectivity index (χ1v) is 2.52. The number of thiol groups is 1. The van der Waals surface area contributed by atoms with Crippen molar-refractivity contribution in [2.75, 3.05) is 7.05 Å². The van der Waals surface area contributed by atoms with Crippen LogP contribution < -0.4 is 0 Å². The summed E-state index contributed by atoms with van der Waals surface area (Å²) in [6.45, 7) is 1.71. The fourth-order valence-corrected chi connectivity index (χ4v) is 0.272. The van der Waals surface area contributed by atoms with E-state index in [0.29, 0.717) is 5.71 Å². The van der Waals surface area contributed by atoms with Crippen LogP contribution in [0, 0.1) is 0 Å². The third-order valence-corrected chi connectivity index (χ3v) is 1.17. The van der Waals surface area contributed by atoms with Crippen LogP contribution in [0.25, 0.3) is 0 Å². The Hall–Kier alpha value is -0.510. The summed E-state index contributed by atoms with van der Waals surface area (Å²) in [6, 6.07) is 0. The van der Waals surface area contributed by atoms with Crippen molar-refractivity contribution in [1.29, 1.82) is 0 Å². The standard InChI is InChI=1S/C4H8N2OS/c1-3(5-2)4(8)6-7/h7H,1-2H3,(H,6,8)/b5-3-. The quantitative estimate of drug-likeness (QED) is 0.179. The zero-order valence-corrected chi connectivity index (χ0v) is 5.68. The van der Waals surface area contributed by atoms with Gasteiger partial charge >= 0.3 is 0 Å². The van der Waals surface area contributed by atoms with Gasteiger partial charge in [-0.1, -0.05) is 5.16 Å². The van der Waals surface area contributed by atoms with Crippen molar-refractivity contribution in [3.63, 3.8) is 0 Å². The normalized spacial score (nSPS) is 14.4. The molecule has 0 saturated heterocycles. The average Bonchev–Trinajstić information content (AvgIpc) is 1.84. The Labute approximate surface area is 53.5 Å². The van der Waals surface area contributed by atoms with Crippen LogP contribution in [-0.2, 0) is 0 Å². The lowest BCUT2D eigenvalue weighted by atomic mass is 10.5. The maximum absolute atomic E-state index is 8.07. The molecule has 0 aromatic heterocycles. The van der Waals surface area contributed by atoms with Crippen molar-refractivity contribution in [2.24, 2.45) is 10.1 Å². The highest BCUT2D eigenvalue weighted by Gasteiger charge is 1.92. The lowest BCUT2D eigenvalue weighted by Crippen LogP contribution is -2.01. The Morgan fingerprint density at radius 2 is 2.12 bits per heavy atom. The molecule has 0 radical (unpaired) electrons. The van der Waals surface area contributed by atoms with E-state index in [9.17, 15) is 0 Å². The highest BCUT2D eigenvalue weighted by molar-refractivity contribution is 7.99. The third kappa shape index (κ3) is 1.97. The van der Waals surface area contributed by atoms with E-state index in [1.807, 2.05) is 0 Å². The fraction of sp³-hybridized carbons (Fsp3) is 0.500. The summed E-state index contributed by atoms with van der Waals surface area (Å²) >= 11 is 3.77. The van der Waals surface area contributed by atoms with Gasteiger partial charge in [0.05, 0.1) is 5.71 Å². The maximum atomic E-state index is 8.07. The van der Waals surface area contributed by atoms with Gasteiger partial charge in [-0.25, -0.2) is 0 Å². The summed E-state index contributed by atoms with van der Waals surface area (Å²) in [5.74, 6) is 0. The van der Waals surface area contributed by atoms with Crippen LogP contribution >= 0.6 is 12.6 Å². The van der Waals surface area contributed by atoms with E-state index in [4.69, 9.17) is 5.21 Å². The molecule has 0 heterocycles. The van der Waals surface area contributed by atoms with E-state index in [0.717, 1.165) is 0 Å². The Morgan fingerprint density at radius 1 is 1.62 bits per heavy atom. The average molecular weight is 132 g/mol. The molecule has 4 heteroatoms. The minimum Gasteiger partial charge on any atom is -0.410 e. The Balaban J connectivity index is 4.04. The molecule has 0 unspecified atom stereocenters. The number of rotatable bonds is 1. The molecule has 3 nitrogen and oxygen atoms in total. The topological polar surface area (TPSA) is 45.0 Å². The van der Waals surface area contributed by atoms with E-state index in [-0.39, 0.29) is 5.04 Å². The molecule has 0 aliphatic carbocycles. The second kappa shape index (κ2) is 3.49. The summed E-state index contributed by atoms with van der Waals surface area (Å²) in [5.41, 5.74) is 0.621. The van der Waals surface area contributed by atoms with Crippen LogP contribution in [0.5, 0.6) is 0 Å². The van der Waals surface area contributed by atoms with Crippen LogP contribution in [-0.4, -0.2) is 23.0 Å². The largest absolute Gasteiger partial charge is 0.410 e. The Morgan fingerprint density at radius 3 is 2.25 bits per heavy atom. The van der Waals surface area contributed by atoms with Gasteiger partial charge in [-0.15, -0.1) is 12.6 Å². The van der Waals surface area contributed by atoms with Crippen LogP contribution in [0.2, 0.25) is 0 Å². The van der Waals surface area contributed by atoms with E-state index in [1.54, 1.807) is 14.0 Å². The van der Waals surface area contributed by atoms with Crippen molar-refractivity contribution >= 4 is 23.4 Å².